The molecule has 0 atom stereocenters. The summed E-state index contributed by atoms with van der Waals surface area (Å²) >= 11 is 0. The molecular formula is C13H14N2O4S. The molecule has 1 aromatic carbocycles. The zero-order valence-electron chi connectivity index (χ0n) is 11.0. The van der Waals surface area contributed by atoms with Crippen molar-refractivity contribution in [3.63, 3.8) is 0 Å². The Hall–Kier alpha value is -2.12. The second-order valence-corrected chi connectivity index (χ2v) is 5.69. The Kier molecular flexibility index (Phi) is 3.91. The van der Waals surface area contributed by atoms with Gasteiger partial charge < -0.3 is 9.47 Å². The zero-order valence-corrected chi connectivity index (χ0v) is 11.8. The van der Waals surface area contributed by atoms with E-state index < -0.39 is 10.0 Å². The molecule has 2 rings (SSSR count). The summed E-state index contributed by atoms with van der Waals surface area (Å²) in [5.41, 5.74) is 1.03. The van der Waals surface area contributed by atoms with Crippen LogP contribution in [-0.2, 0) is 10.0 Å². The van der Waals surface area contributed by atoms with E-state index in [1.807, 2.05) is 19.1 Å². The molecule has 2 N–H and O–H groups in total. The summed E-state index contributed by atoms with van der Waals surface area (Å²) in [4.78, 5) is 3.83. The molecule has 0 aliphatic heterocycles. The van der Waals surface area contributed by atoms with E-state index in [-0.39, 0.29) is 10.8 Å². The van der Waals surface area contributed by atoms with Crippen molar-refractivity contribution in [1.82, 2.24) is 4.98 Å². The smallest absolute Gasteiger partial charge is 0.239 e. The maximum absolute atomic E-state index is 11.1. The molecule has 0 saturated heterocycles. The van der Waals surface area contributed by atoms with Crippen molar-refractivity contribution in [2.45, 2.75) is 11.8 Å². The molecule has 0 fully saturated rings. The van der Waals surface area contributed by atoms with Gasteiger partial charge in [-0.25, -0.2) is 18.5 Å². The highest BCUT2D eigenvalue weighted by molar-refractivity contribution is 7.89. The topological polar surface area (TPSA) is 91.5 Å². The van der Waals surface area contributed by atoms with Crippen molar-refractivity contribution in [3.8, 4) is 17.4 Å². The number of rotatable bonds is 4. The first-order chi connectivity index (χ1) is 9.40. The minimum Gasteiger partial charge on any atom is -0.493 e. The van der Waals surface area contributed by atoms with Gasteiger partial charge in [-0.3, -0.25) is 0 Å². The monoisotopic (exact) mass is 294 g/mol. The number of primary sulfonamides is 1. The highest BCUT2D eigenvalue weighted by Crippen LogP contribution is 2.31. The number of pyridine rings is 1. The average Bonchev–Trinajstić information content (AvgIpc) is 2.40. The van der Waals surface area contributed by atoms with Gasteiger partial charge in [-0.05, 0) is 30.7 Å². The summed E-state index contributed by atoms with van der Waals surface area (Å²) < 4.78 is 33.0. The van der Waals surface area contributed by atoms with Crippen molar-refractivity contribution < 1.29 is 17.9 Å². The third-order valence-electron chi connectivity index (χ3n) is 2.57. The number of nitrogens with two attached hydrogens (primary N) is 1. The Bertz CT molecular complexity index is 712. The highest BCUT2D eigenvalue weighted by Gasteiger charge is 2.10. The SMILES string of the molecule is COc1cc(C)ccc1Oc1ccc(S(N)(=O)=O)cn1. The predicted octanol–water partition coefficient (Wildman–Crippen LogP) is 1.84. The fourth-order valence-electron chi connectivity index (χ4n) is 1.57. The van der Waals surface area contributed by atoms with E-state index in [1.54, 1.807) is 13.2 Å². The van der Waals surface area contributed by atoms with Gasteiger partial charge in [0.1, 0.15) is 4.90 Å². The van der Waals surface area contributed by atoms with Crippen LogP contribution in [0.4, 0.5) is 0 Å². The molecule has 0 aliphatic carbocycles. The van der Waals surface area contributed by atoms with Crippen LogP contribution in [0.15, 0.2) is 41.4 Å². The zero-order chi connectivity index (χ0) is 14.8. The number of hydrogen-bond acceptors (Lipinski definition) is 5. The maximum atomic E-state index is 11.1. The largest absolute Gasteiger partial charge is 0.493 e. The fraction of sp³-hybridized carbons (Fsp3) is 0.154. The molecule has 7 heteroatoms. The van der Waals surface area contributed by atoms with E-state index in [0.29, 0.717) is 11.5 Å². The molecule has 0 saturated carbocycles. The summed E-state index contributed by atoms with van der Waals surface area (Å²) in [6.07, 6.45) is 1.14. The molecule has 1 heterocycles. The highest BCUT2D eigenvalue weighted by atomic mass is 32.2. The average molecular weight is 294 g/mol. The van der Waals surface area contributed by atoms with Gasteiger partial charge >= 0.3 is 0 Å². The molecular weight excluding hydrogens is 280 g/mol. The summed E-state index contributed by atoms with van der Waals surface area (Å²) in [5, 5.41) is 4.99. The van der Waals surface area contributed by atoms with Crippen LogP contribution in [-0.4, -0.2) is 20.5 Å². The van der Waals surface area contributed by atoms with Gasteiger partial charge in [0, 0.05) is 6.07 Å². The number of methoxy groups -OCH3 is 1. The molecule has 0 spiro atoms. The molecule has 0 bridgehead atoms. The first kappa shape index (κ1) is 14.3. The van der Waals surface area contributed by atoms with Gasteiger partial charge in [-0.1, -0.05) is 6.07 Å². The molecule has 0 radical (unpaired) electrons. The van der Waals surface area contributed by atoms with E-state index in [9.17, 15) is 8.42 Å². The van der Waals surface area contributed by atoms with E-state index in [1.165, 1.54) is 12.1 Å². The molecule has 2 aromatic rings. The van der Waals surface area contributed by atoms with Crippen molar-refractivity contribution in [2.24, 2.45) is 5.14 Å². The van der Waals surface area contributed by atoms with Crippen LogP contribution in [0.1, 0.15) is 5.56 Å². The lowest BCUT2D eigenvalue weighted by atomic mass is 10.2. The number of sulfonamides is 1. The molecule has 0 aliphatic rings. The molecule has 0 unspecified atom stereocenters. The molecule has 106 valence electrons. The lowest BCUT2D eigenvalue weighted by Gasteiger charge is -2.10. The van der Waals surface area contributed by atoms with Crippen molar-refractivity contribution in [2.75, 3.05) is 7.11 Å². The minimum atomic E-state index is -3.75. The van der Waals surface area contributed by atoms with Crippen LogP contribution in [0.5, 0.6) is 17.4 Å². The standard InChI is InChI=1S/C13H14N2O4S/c1-9-3-5-11(12(7-9)18-2)19-13-6-4-10(8-15-13)20(14,16)17/h3-8H,1-2H3,(H2,14,16,17). The number of hydrogen-bond donors (Lipinski definition) is 1. The first-order valence-corrected chi connectivity index (χ1v) is 7.26. The Morgan fingerprint density at radius 1 is 1.15 bits per heavy atom. The van der Waals surface area contributed by atoms with Crippen LogP contribution in [0.2, 0.25) is 0 Å². The lowest BCUT2D eigenvalue weighted by Crippen LogP contribution is -2.12. The molecule has 0 amide bonds. The van der Waals surface area contributed by atoms with Crippen LogP contribution in [0, 0.1) is 6.92 Å². The summed E-state index contributed by atoms with van der Waals surface area (Å²) in [6, 6.07) is 8.21. The van der Waals surface area contributed by atoms with Gasteiger partial charge in [-0.15, -0.1) is 0 Å². The minimum absolute atomic E-state index is 0.0688. The van der Waals surface area contributed by atoms with Crippen LogP contribution < -0.4 is 14.6 Å². The number of aromatic nitrogens is 1. The van der Waals surface area contributed by atoms with Gasteiger partial charge in [0.15, 0.2) is 11.5 Å². The third-order valence-corrected chi connectivity index (χ3v) is 3.47. The van der Waals surface area contributed by atoms with E-state index in [4.69, 9.17) is 14.6 Å². The van der Waals surface area contributed by atoms with Gasteiger partial charge in [0.25, 0.3) is 0 Å². The summed E-state index contributed by atoms with van der Waals surface area (Å²) in [6.45, 7) is 1.94. The van der Waals surface area contributed by atoms with E-state index in [0.717, 1.165) is 11.8 Å². The lowest BCUT2D eigenvalue weighted by molar-refractivity contribution is 0.373. The van der Waals surface area contributed by atoms with Crippen LogP contribution in [0.3, 0.4) is 0 Å². The number of nitrogens with zero attached hydrogens (tertiary/aromatic N) is 1. The molecule has 6 nitrogen and oxygen atoms in total. The summed E-state index contributed by atoms with van der Waals surface area (Å²) in [5.74, 6) is 1.32. The summed E-state index contributed by atoms with van der Waals surface area (Å²) in [7, 11) is -2.21. The van der Waals surface area contributed by atoms with Gasteiger partial charge in [0.05, 0.1) is 13.3 Å². The van der Waals surface area contributed by atoms with Crippen LogP contribution in [0.25, 0.3) is 0 Å². The van der Waals surface area contributed by atoms with E-state index >= 15 is 0 Å². The first-order valence-electron chi connectivity index (χ1n) is 5.71. The second-order valence-electron chi connectivity index (χ2n) is 4.13. The van der Waals surface area contributed by atoms with Gasteiger partial charge in [0.2, 0.25) is 15.9 Å². The quantitative estimate of drug-likeness (QED) is 0.929. The number of aryl methyl sites for hydroxylation is 1. The Morgan fingerprint density at radius 3 is 2.45 bits per heavy atom. The second kappa shape index (κ2) is 5.48. The Morgan fingerprint density at radius 2 is 1.90 bits per heavy atom. The number of ether oxygens (including phenoxy) is 2. The predicted molar refractivity (Wildman–Crippen MR) is 73.4 cm³/mol. The third kappa shape index (κ3) is 3.25. The van der Waals surface area contributed by atoms with E-state index in [2.05, 4.69) is 4.98 Å². The Labute approximate surface area is 117 Å². The number of benzene rings is 1. The Balaban J connectivity index is 2.27. The van der Waals surface area contributed by atoms with Crippen molar-refractivity contribution >= 4 is 10.0 Å². The molecule has 20 heavy (non-hydrogen) atoms. The molecule has 1 aromatic heterocycles. The van der Waals surface area contributed by atoms with Gasteiger partial charge in [-0.2, -0.15) is 0 Å². The van der Waals surface area contributed by atoms with Crippen LogP contribution >= 0.6 is 0 Å². The van der Waals surface area contributed by atoms with Crippen molar-refractivity contribution in [1.29, 1.82) is 0 Å². The maximum Gasteiger partial charge on any atom is 0.239 e. The normalized spacial score (nSPS) is 11.2. The fourth-order valence-corrected chi connectivity index (χ4v) is 2.02. The van der Waals surface area contributed by atoms with Crippen molar-refractivity contribution in [3.05, 3.63) is 42.1 Å².